The molecule has 7 nitrogen and oxygen atoms in total. The molecule has 1 aromatic rings. The molecule has 1 N–H and O–H groups in total. The molecule has 0 radical (unpaired) electrons. The highest BCUT2D eigenvalue weighted by Crippen LogP contribution is 2.37. The Kier molecular flexibility index (Phi) is 5.23. The van der Waals surface area contributed by atoms with E-state index in [1.807, 2.05) is 0 Å². The van der Waals surface area contributed by atoms with Crippen LogP contribution in [0, 0.1) is 11.8 Å². The highest BCUT2D eigenvalue weighted by atomic mass is 32.1. The Morgan fingerprint density at radius 3 is 2.50 bits per heavy atom. The maximum Gasteiger partial charge on any atom is 0.246 e. The van der Waals surface area contributed by atoms with Crippen molar-refractivity contribution in [3.05, 3.63) is 5.01 Å². The fourth-order valence-electron chi connectivity index (χ4n) is 3.42. The van der Waals surface area contributed by atoms with E-state index in [9.17, 15) is 14.4 Å². The summed E-state index contributed by atoms with van der Waals surface area (Å²) in [6.07, 6.45) is 6.41. The maximum atomic E-state index is 12.4. The number of carbonyl (C=O) groups excluding carboxylic acids is 3. The highest BCUT2D eigenvalue weighted by Gasteiger charge is 2.48. The number of aromatic nitrogens is 2. The van der Waals surface area contributed by atoms with Crippen molar-refractivity contribution in [3.63, 3.8) is 0 Å². The van der Waals surface area contributed by atoms with Crippen LogP contribution in [0.2, 0.25) is 0 Å². The molecule has 0 aromatic carbocycles. The third-order valence-corrected chi connectivity index (χ3v) is 5.59. The Morgan fingerprint density at radius 2 is 1.88 bits per heavy atom. The van der Waals surface area contributed by atoms with Crippen LogP contribution in [0.25, 0.3) is 0 Å². The molecule has 24 heavy (non-hydrogen) atoms. The largest absolute Gasteiger partial charge is 0.299 e. The smallest absolute Gasteiger partial charge is 0.246 e. The zero-order valence-electron chi connectivity index (χ0n) is 13.8. The number of unbranched alkanes of at least 4 members (excludes halogenated alkanes) is 1. The number of amides is 3. The van der Waals surface area contributed by atoms with Crippen molar-refractivity contribution in [1.82, 2.24) is 15.1 Å². The fourth-order valence-corrected chi connectivity index (χ4v) is 4.22. The van der Waals surface area contributed by atoms with Crippen LogP contribution < -0.4 is 5.32 Å². The van der Waals surface area contributed by atoms with Gasteiger partial charge in [-0.15, -0.1) is 10.2 Å². The van der Waals surface area contributed by atoms with Crippen molar-refractivity contribution >= 4 is 34.2 Å². The molecule has 2 fully saturated rings. The number of imide groups is 1. The molecule has 130 valence electrons. The van der Waals surface area contributed by atoms with E-state index in [-0.39, 0.29) is 30.2 Å². The molecule has 2 aliphatic rings. The summed E-state index contributed by atoms with van der Waals surface area (Å²) < 4.78 is 0. The first-order valence-electron chi connectivity index (χ1n) is 8.57. The van der Waals surface area contributed by atoms with Gasteiger partial charge in [0.1, 0.15) is 11.6 Å². The summed E-state index contributed by atoms with van der Waals surface area (Å²) >= 11 is 1.34. The summed E-state index contributed by atoms with van der Waals surface area (Å²) in [6.45, 7) is 1.87. The number of nitrogens with one attached hydrogen (secondary N) is 1. The summed E-state index contributed by atoms with van der Waals surface area (Å²) in [5.74, 6) is -1.22. The van der Waals surface area contributed by atoms with Crippen molar-refractivity contribution < 1.29 is 14.4 Å². The number of likely N-dealkylation sites (tertiary alicyclic amines) is 1. The van der Waals surface area contributed by atoms with Crippen LogP contribution in [-0.2, 0) is 20.8 Å². The van der Waals surface area contributed by atoms with Gasteiger partial charge < -0.3 is 0 Å². The van der Waals surface area contributed by atoms with Gasteiger partial charge in [-0.05, 0) is 19.3 Å². The highest BCUT2D eigenvalue weighted by molar-refractivity contribution is 7.15. The topological polar surface area (TPSA) is 92.3 Å². The zero-order chi connectivity index (χ0) is 17.1. The standard InChI is InChI=1S/C16H22N4O3S/c1-2-3-8-13-18-19-16(24-13)17-12(21)9-20-14(22)10-6-4-5-7-11(10)15(20)23/h10-11H,2-9H2,1H3,(H,17,19,21)/t10-,11-/m0/s1. The van der Waals surface area contributed by atoms with Gasteiger partial charge in [0.25, 0.3) is 0 Å². The second kappa shape index (κ2) is 7.38. The van der Waals surface area contributed by atoms with Gasteiger partial charge in [-0.25, -0.2) is 0 Å². The first kappa shape index (κ1) is 17.0. The minimum absolute atomic E-state index is 0.194. The van der Waals surface area contributed by atoms with Crippen LogP contribution in [0.15, 0.2) is 0 Å². The molecule has 0 spiro atoms. The van der Waals surface area contributed by atoms with Crippen LogP contribution in [-0.4, -0.2) is 39.4 Å². The van der Waals surface area contributed by atoms with E-state index in [2.05, 4.69) is 22.4 Å². The van der Waals surface area contributed by atoms with Crippen molar-refractivity contribution in [2.75, 3.05) is 11.9 Å². The fraction of sp³-hybridized carbons (Fsp3) is 0.688. The average molecular weight is 350 g/mol. The van der Waals surface area contributed by atoms with Gasteiger partial charge in [-0.3, -0.25) is 24.6 Å². The average Bonchev–Trinajstić information content (AvgIpc) is 3.12. The van der Waals surface area contributed by atoms with Gasteiger partial charge in [0.15, 0.2) is 0 Å². The van der Waals surface area contributed by atoms with Gasteiger partial charge in [0.2, 0.25) is 22.9 Å². The summed E-state index contributed by atoms with van der Waals surface area (Å²) in [6, 6.07) is 0. The first-order valence-corrected chi connectivity index (χ1v) is 9.39. The second-order valence-corrected chi connectivity index (χ2v) is 7.47. The van der Waals surface area contributed by atoms with Crippen LogP contribution in [0.4, 0.5) is 5.13 Å². The number of carbonyl (C=O) groups is 3. The molecular weight excluding hydrogens is 328 g/mol. The molecule has 0 unspecified atom stereocenters. The Morgan fingerprint density at radius 1 is 1.21 bits per heavy atom. The van der Waals surface area contributed by atoms with Crippen LogP contribution in [0.1, 0.15) is 50.5 Å². The number of nitrogens with zero attached hydrogens (tertiary/aromatic N) is 3. The molecule has 1 aliphatic heterocycles. The third-order valence-electron chi connectivity index (χ3n) is 4.69. The van der Waals surface area contributed by atoms with E-state index in [4.69, 9.17) is 0 Å². The lowest BCUT2D eigenvalue weighted by atomic mass is 9.81. The quantitative estimate of drug-likeness (QED) is 0.792. The predicted octanol–water partition coefficient (Wildman–Crippen LogP) is 1.99. The van der Waals surface area contributed by atoms with E-state index in [1.54, 1.807) is 0 Å². The van der Waals surface area contributed by atoms with E-state index in [1.165, 1.54) is 11.3 Å². The molecule has 3 amide bonds. The molecule has 8 heteroatoms. The van der Waals surface area contributed by atoms with Crippen LogP contribution in [0.3, 0.4) is 0 Å². The molecule has 2 atom stereocenters. The van der Waals surface area contributed by atoms with Gasteiger partial charge in [-0.2, -0.15) is 0 Å². The molecular formula is C16H22N4O3S. The van der Waals surface area contributed by atoms with E-state index < -0.39 is 5.91 Å². The molecule has 1 saturated heterocycles. The van der Waals surface area contributed by atoms with E-state index >= 15 is 0 Å². The van der Waals surface area contributed by atoms with E-state index in [0.717, 1.165) is 54.9 Å². The lowest BCUT2D eigenvalue weighted by molar-refractivity contribution is -0.142. The van der Waals surface area contributed by atoms with Gasteiger partial charge in [0, 0.05) is 6.42 Å². The molecule has 1 saturated carbocycles. The lowest BCUT2D eigenvalue weighted by Gasteiger charge is -2.19. The lowest BCUT2D eigenvalue weighted by Crippen LogP contribution is -2.38. The number of hydrogen-bond acceptors (Lipinski definition) is 6. The number of aryl methyl sites for hydroxylation is 1. The summed E-state index contributed by atoms with van der Waals surface area (Å²) in [5, 5.41) is 11.9. The summed E-state index contributed by atoms with van der Waals surface area (Å²) in [7, 11) is 0. The zero-order valence-corrected chi connectivity index (χ0v) is 14.6. The Hall–Kier alpha value is -1.83. The van der Waals surface area contributed by atoms with Gasteiger partial charge in [0.05, 0.1) is 11.8 Å². The molecule has 3 rings (SSSR count). The number of rotatable bonds is 6. The minimum atomic E-state index is -0.395. The molecule has 1 aliphatic carbocycles. The second-order valence-electron chi connectivity index (χ2n) is 6.41. The van der Waals surface area contributed by atoms with Crippen molar-refractivity contribution in [2.24, 2.45) is 11.8 Å². The van der Waals surface area contributed by atoms with Crippen molar-refractivity contribution in [3.8, 4) is 0 Å². The molecule has 2 heterocycles. The number of anilines is 1. The minimum Gasteiger partial charge on any atom is -0.299 e. The Bertz CT molecular complexity index is 621. The van der Waals surface area contributed by atoms with E-state index in [0.29, 0.717) is 5.13 Å². The third kappa shape index (κ3) is 3.48. The normalized spacial score (nSPS) is 23.5. The number of fused-ring (bicyclic) bond motifs is 1. The van der Waals surface area contributed by atoms with Crippen LogP contribution >= 0.6 is 11.3 Å². The van der Waals surface area contributed by atoms with Gasteiger partial charge in [-0.1, -0.05) is 37.5 Å². The first-order chi connectivity index (χ1) is 11.6. The Balaban J connectivity index is 1.57. The maximum absolute atomic E-state index is 12.4. The van der Waals surface area contributed by atoms with Crippen LogP contribution in [0.5, 0.6) is 0 Å². The number of hydrogen-bond donors (Lipinski definition) is 1. The van der Waals surface area contributed by atoms with Gasteiger partial charge >= 0.3 is 0 Å². The molecule has 0 bridgehead atoms. The van der Waals surface area contributed by atoms with Crippen molar-refractivity contribution in [1.29, 1.82) is 0 Å². The predicted molar refractivity (Wildman–Crippen MR) is 89.3 cm³/mol. The van der Waals surface area contributed by atoms with Crippen molar-refractivity contribution in [2.45, 2.75) is 51.9 Å². The molecule has 1 aromatic heterocycles. The summed E-state index contributed by atoms with van der Waals surface area (Å²) in [5.41, 5.74) is 0. The summed E-state index contributed by atoms with van der Waals surface area (Å²) in [4.78, 5) is 38.0. The monoisotopic (exact) mass is 350 g/mol. The Labute approximate surface area is 144 Å². The SMILES string of the molecule is CCCCc1nnc(NC(=O)CN2C(=O)[C@H]3CCCC[C@@H]3C2=O)s1.